The normalized spacial score (nSPS) is 17.8. The molecule has 6 nitrogen and oxygen atoms in total. The standard InChI is InChI=1S/C22H29N3O3S/c1-14(16-8-10-17(11-9-16)19-15(2)23-13-29-19)24-20(26)18-7-6-12-25(18)21(27)28-22(3,4)5/h8-11,13-14,18H,6-7,12H2,1-5H3,(H,24,26)/t14-,18-/m0/s1. The van der Waals surface area contributed by atoms with E-state index in [1.807, 2.05) is 52.3 Å². The van der Waals surface area contributed by atoms with Gasteiger partial charge in [-0.3, -0.25) is 9.69 Å². The second-order valence-electron chi connectivity index (χ2n) is 8.45. The van der Waals surface area contributed by atoms with Crippen molar-refractivity contribution in [3.63, 3.8) is 0 Å². The van der Waals surface area contributed by atoms with E-state index in [1.165, 1.54) is 0 Å². The van der Waals surface area contributed by atoms with E-state index in [1.54, 1.807) is 16.2 Å². The number of benzene rings is 1. The Bertz CT molecular complexity index is 870. The molecule has 29 heavy (non-hydrogen) atoms. The first kappa shape index (κ1) is 21.3. The zero-order chi connectivity index (χ0) is 21.2. The number of amides is 2. The van der Waals surface area contributed by atoms with E-state index in [9.17, 15) is 9.59 Å². The van der Waals surface area contributed by atoms with Crippen LogP contribution in [0.3, 0.4) is 0 Å². The molecule has 0 bridgehead atoms. The number of hydrogen-bond acceptors (Lipinski definition) is 5. The number of ether oxygens (including phenoxy) is 1. The van der Waals surface area contributed by atoms with Gasteiger partial charge in [-0.2, -0.15) is 0 Å². The second kappa shape index (κ2) is 8.53. The molecule has 0 saturated carbocycles. The molecule has 1 aromatic heterocycles. The monoisotopic (exact) mass is 415 g/mol. The number of aryl methyl sites for hydroxylation is 1. The van der Waals surface area contributed by atoms with Gasteiger partial charge in [0.1, 0.15) is 11.6 Å². The van der Waals surface area contributed by atoms with Gasteiger partial charge in [-0.15, -0.1) is 11.3 Å². The minimum absolute atomic E-state index is 0.136. The third kappa shape index (κ3) is 5.15. The summed E-state index contributed by atoms with van der Waals surface area (Å²) in [7, 11) is 0. The number of rotatable bonds is 4. The van der Waals surface area contributed by atoms with Gasteiger partial charge in [-0.05, 0) is 58.6 Å². The molecular weight excluding hydrogens is 386 g/mol. The zero-order valence-electron chi connectivity index (χ0n) is 17.7. The van der Waals surface area contributed by atoms with Crippen LogP contribution in [0.5, 0.6) is 0 Å². The summed E-state index contributed by atoms with van der Waals surface area (Å²) in [5.74, 6) is -0.136. The van der Waals surface area contributed by atoms with Crippen LogP contribution in [-0.2, 0) is 9.53 Å². The highest BCUT2D eigenvalue weighted by Gasteiger charge is 2.37. The summed E-state index contributed by atoms with van der Waals surface area (Å²) in [6.07, 6.45) is 1.03. The number of likely N-dealkylation sites (tertiary alicyclic amines) is 1. The van der Waals surface area contributed by atoms with Crippen LogP contribution in [-0.4, -0.2) is 40.1 Å². The Morgan fingerprint density at radius 2 is 1.97 bits per heavy atom. The van der Waals surface area contributed by atoms with Crippen LogP contribution < -0.4 is 5.32 Å². The SMILES string of the molecule is Cc1ncsc1-c1ccc([C@H](C)NC(=O)[C@@H]2CCCN2C(=O)OC(C)(C)C)cc1. The average molecular weight is 416 g/mol. The van der Waals surface area contributed by atoms with Crippen LogP contribution in [0.25, 0.3) is 10.4 Å². The lowest BCUT2D eigenvalue weighted by atomic mass is 10.0. The maximum Gasteiger partial charge on any atom is 0.410 e. The molecule has 0 radical (unpaired) electrons. The van der Waals surface area contributed by atoms with Crippen molar-refractivity contribution in [2.24, 2.45) is 0 Å². The van der Waals surface area contributed by atoms with E-state index in [-0.39, 0.29) is 11.9 Å². The molecule has 0 aliphatic carbocycles. The number of carbonyl (C=O) groups excluding carboxylic acids is 2. The fourth-order valence-corrected chi connectivity index (χ4v) is 4.29. The molecule has 1 fully saturated rings. The molecule has 1 aliphatic heterocycles. The molecule has 156 valence electrons. The smallest absolute Gasteiger partial charge is 0.410 e. The number of nitrogens with zero attached hydrogens (tertiary/aromatic N) is 2. The fourth-order valence-electron chi connectivity index (χ4n) is 3.47. The Kier molecular flexibility index (Phi) is 6.27. The second-order valence-corrected chi connectivity index (χ2v) is 9.31. The van der Waals surface area contributed by atoms with Gasteiger partial charge < -0.3 is 10.1 Å². The van der Waals surface area contributed by atoms with Crippen LogP contribution in [0, 0.1) is 6.92 Å². The molecule has 2 atom stereocenters. The lowest BCUT2D eigenvalue weighted by Gasteiger charge is -2.28. The maximum absolute atomic E-state index is 12.8. The summed E-state index contributed by atoms with van der Waals surface area (Å²) in [6, 6.07) is 7.54. The van der Waals surface area contributed by atoms with E-state index in [2.05, 4.69) is 22.4 Å². The van der Waals surface area contributed by atoms with Gasteiger partial charge in [-0.1, -0.05) is 24.3 Å². The van der Waals surface area contributed by atoms with Crippen molar-refractivity contribution < 1.29 is 14.3 Å². The summed E-state index contributed by atoms with van der Waals surface area (Å²) in [4.78, 5) is 32.3. The van der Waals surface area contributed by atoms with Crippen LogP contribution in [0.4, 0.5) is 4.79 Å². The van der Waals surface area contributed by atoms with Crippen molar-refractivity contribution in [1.82, 2.24) is 15.2 Å². The predicted molar refractivity (Wildman–Crippen MR) is 115 cm³/mol. The van der Waals surface area contributed by atoms with E-state index in [4.69, 9.17) is 4.74 Å². The van der Waals surface area contributed by atoms with Crippen LogP contribution >= 0.6 is 11.3 Å². The van der Waals surface area contributed by atoms with Crippen molar-refractivity contribution in [3.8, 4) is 10.4 Å². The topological polar surface area (TPSA) is 71.5 Å². The van der Waals surface area contributed by atoms with Gasteiger partial charge in [0.25, 0.3) is 0 Å². The fraction of sp³-hybridized carbons (Fsp3) is 0.500. The molecule has 0 spiro atoms. The van der Waals surface area contributed by atoms with Gasteiger partial charge in [0, 0.05) is 6.54 Å². The number of thiazole rings is 1. The molecule has 1 saturated heterocycles. The maximum atomic E-state index is 12.8. The molecular formula is C22H29N3O3S. The minimum Gasteiger partial charge on any atom is -0.444 e. The molecule has 0 unspecified atom stereocenters. The molecule has 2 aromatic rings. The molecule has 1 N–H and O–H groups in total. The molecule has 1 aromatic carbocycles. The summed E-state index contributed by atoms with van der Waals surface area (Å²) in [5.41, 5.74) is 4.43. The van der Waals surface area contributed by atoms with Crippen molar-refractivity contribution in [1.29, 1.82) is 0 Å². The largest absolute Gasteiger partial charge is 0.444 e. The third-order valence-corrected chi connectivity index (χ3v) is 5.94. The predicted octanol–water partition coefficient (Wildman–Crippen LogP) is 4.70. The first-order valence-corrected chi connectivity index (χ1v) is 10.8. The van der Waals surface area contributed by atoms with E-state index >= 15 is 0 Å². The number of hydrogen-bond donors (Lipinski definition) is 1. The highest BCUT2D eigenvalue weighted by molar-refractivity contribution is 7.13. The number of carbonyl (C=O) groups is 2. The Morgan fingerprint density at radius 3 is 2.55 bits per heavy atom. The van der Waals surface area contributed by atoms with Crippen molar-refractivity contribution in [3.05, 3.63) is 41.0 Å². The zero-order valence-corrected chi connectivity index (χ0v) is 18.5. The van der Waals surface area contributed by atoms with Crippen molar-refractivity contribution >= 4 is 23.3 Å². The number of aromatic nitrogens is 1. The van der Waals surface area contributed by atoms with Gasteiger partial charge in [0.2, 0.25) is 5.91 Å². The Labute approximate surface area is 176 Å². The Hall–Kier alpha value is -2.41. The Balaban J connectivity index is 1.64. The first-order chi connectivity index (χ1) is 13.7. The lowest BCUT2D eigenvalue weighted by molar-refractivity contribution is -0.126. The number of nitrogens with one attached hydrogen (secondary N) is 1. The van der Waals surface area contributed by atoms with Gasteiger partial charge >= 0.3 is 6.09 Å². The van der Waals surface area contributed by atoms with Crippen LogP contribution in [0.2, 0.25) is 0 Å². The Morgan fingerprint density at radius 1 is 1.28 bits per heavy atom. The third-order valence-electron chi connectivity index (χ3n) is 4.96. The van der Waals surface area contributed by atoms with E-state index in [0.717, 1.165) is 28.1 Å². The minimum atomic E-state index is -0.577. The quantitative estimate of drug-likeness (QED) is 0.786. The summed E-state index contributed by atoms with van der Waals surface area (Å²) in [6.45, 7) is 9.99. The van der Waals surface area contributed by atoms with Gasteiger partial charge in [-0.25, -0.2) is 9.78 Å². The summed E-state index contributed by atoms with van der Waals surface area (Å²) >= 11 is 1.62. The summed E-state index contributed by atoms with van der Waals surface area (Å²) < 4.78 is 5.45. The van der Waals surface area contributed by atoms with Crippen LogP contribution in [0.1, 0.15) is 57.8 Å². The van der Waals surface area contributed by atoms with Gasteiger partial charge in [0.15, 0.2) is 0 Å². The average Bonchev–Trinajstić information content (AvgIpc) is 3.29. The molecule has 3 rings (SSSR count). The summed E-state index contributed by atoms with van der Waals surface area (Å²) in [5, 5.41) is 3.05. The molecule has 7 heteroatoms. The lowest BCUT2D eigenvalue weighted by Crippen LogP contribution is -2.48. The molecule has 2 amide bonds. The first-order valence-electron chi connectivity index (χ1n) is 9.96. The highest BCUT2D eigenvalue weighted by atomic mass is 32.1. The van der Waals surface area contributed by atoms with Crippen LogP contribution in [0.15, 0.2) is 29.8 Å². The van der Waals surface area contributed by atoms with E-state index in [0.29, 0.717) is 13.0 Å². The molecule has 1 aliphatic rings. The van der Waals surface area contributed by atoms with E-state index < -0.39 is 17.7 Å². The van der Waals surface area contributed by atoms with Gasteiger partial charge in [0.05, 0.1) is 22.1 Å². The highest BCUT2D eigenvalue weighted by Crippen LogP contribution is 2.28. The molecule has 2 heterocycles. The van der Waals surface area contributed by atoms with Crippen molar-refractivity contribution in [2.45, 2.75) is 65.1 Å². The van der Waals surface area contributed by atoms with Crippen molar-refractivity contribution in [2.75, 3.05) is 6.54 Å².